The molecular formula is C16H23NO3S2. The summed E-state index contributed by atoms with van der Waals surface area (Å²) < 4.78 is 5.54. The first kappa shape index (κ1) is 19.1. The smallest absolute Gasteiger partial charge is 0.188 e. The molecule has 1 aromatic rings. The van der Waals surface area contributed by atoms with Crippen molar-refractivity contribution in [2.24, 2.45) is 5.73 Å². The Balaban J connectivity index is 2.82. The van der Waals surface area contributed by atoms with E-state index in [1.807, 2.05) is 32.0 Å². The molecule has 0 amide bonds. The van der Waals surface area contributed by atoms with Gasteiger partial charge in [0.25, 0.3) is 0 Å². The van der Waals surface area contributed by atoms with Gasteiger partial charge in [-0.15, -0.1) is 0 Å². The third-order valence-electron chi connectivity index (χ3n) is 2.92. The van der Waals surface area contributed by atoms with Crippen molar-refractivity contribution in [1.29, 1.82) is 0 Å². The molecule has 122 valence electrons. The lowest BCUT2D eigenvalue weighted by Crippen LogP contribution is -2.10. The highest BCUT2D eigenvalue weighted by molar-refractivity contribution is 8.13. The highest BCUT2D eigenvalue weighted by Gasteiger charge is 2.10. The summed E-state index contributed by atoms with van der Waals surface area (Å²) in [6.45, 7) is 4.63. The summed E-state index contributed by atoms with van der Waals surface area (Å²) in [5.74, 6) is 1.98. The minimum Gasteiger partial charge on any atom is -0.492 e. The normalized spacial score (nSPS) is 10.5. The predicted molar refractivity (Wildman–Crippen MR) is 94.2 cm³/mol. The van der Waals surface area contributed by atoms with Crippen LogP contribution in [0.2, 0.25) is 0 Å². The first-order valence-electron chi connectivity index (χ1n) is 7.36. The molecule has 22 heavy (non-hydrogen) atoms. The fourth-order valence-electron chi connectivity index (χ4n) is 1.66. The summed E-state index contributed by atoms with van der Waals surface area (Å²) in [6.07, 6.45) is 1.05. The van der Waals surface area contributed by atoms with Crippen LogP contribution in [0.25, 0.3) is 0 Å². The third kappa shape index (κ3) is 6.85. The number of hydrogen-bond acceptors (Lipinski definition) is 6. The Morgan fingerprint density at radius 1 is 1.05 bits per heavy atom. The van der Waals surface area contributed by atoms with Gasteiger partial charge in [0, 0.05) is 30.9 Å². The van der Waals surface area contributed by atoms with Crippen LogP contribution in [0.15, 0.2) is 18.2 Å². The number of benzene rings is 1. The fraction of sp³-hybridized carbons (Fsp3) is 0.500. The number of carbonyl (C=O) groups excluding carboxylic acids is 2. The zero-order valence-electron chi connectivity index (χ0n) is 13.1. The minimum atomic E-state index is 0.163. The van der Waals surface area contributed by atoms with Crippen LogP contribution in [0.5, 0.6) is 5.75 Å². The molecule has 1 aromatic carbocycles. The second kappa shape index (κ2) is 10.7. The van der Waals surface area contributed by atoms with Gasteiger partial charge in [0.2, 0.25) is 0 Å². The summed E-state index contributed by atoms with van der Waals surface area (Å²) in [4.78, 5) is 23.0. The van der Waals surface area contributed by atoms with Crippen LogP contribution in [0.3, 0.4) is 0 Å². The van der Waals surface area contributed by atoms with E-state index in [4.69, 9.17) is 10.5 Å². The van der Waals surface area contributed by atoms with Crippen LogP contribution in [-0.2, 0) is 21.1 Å². The Kier molecular flexibility index (Phi) is 9.27. The maximum atomic E-state index is 11.5. The molecule has 0 atom stereocenters. The maximum Gasteiger partial charge on any atom is 0.188 e. The Labute approximate surface area is 140 Å². The molecule has 0 saturated carbocycles. The lowest BCUT2D eigenvalue weighted by molar-refractivity contribution is -0.111. The fourth-order valence-corrected chi connectivity index (χ4v) is 3.26. The Morgan fingerprint density at radius 2 is 1.64 bits per heavy atom. The number of thioether (sulfide) groups is 2. The lowest BCUT2D eigenvalue weighted by atomic mass is 10.1. The quantitative estimate of drug-likeness (QED) is 0.743. The second-order valence-corrected chi connectivity index (χ2v) is 6.66. The van der Waals surface area contributed by atoms with E-state index in [-0.39, 0.29) is 10.2 Å². The van der Waals surface area contributed by atoms with Crippen LogP contribution in [0.1, 0.15) is 37.8 Å². The minimum absolute atomic E-state index is 0.163. The zero-order chi connectivity index (χ0) is 16.4. The van der Waals surface area contributed by atoms with Crippen molar-refractivity contribution in [3.8, 4) is 5.75 Å². The largest absolute Gasteiger partial charge is 0.492 e. The van der Waals surface area contributed by atoms with Crippen LogP contribution < -0.4 is 10.5 Å². The van der Waals surface area contributed by atoms with E-state index in [1.165, 1.54) is 23.5 Å². The topological polar surface area (TPSA) is 69.4 Å². The first-order valence-corrected chi connectivity index (χ1v) is 9.33. The van der Waals surface area contributed by atoms with E-state index < -0.39 is 0 Å². The SMILES string of the molecule is CCC(=O)SCc1ccc(OCCN)cc1CSC(=O)CC. The van der Waals surface area contributed by atoms with E-state index in [0.29, 0.717) is 37.5 Å². The molecule has 6 heteroatoms. The first-order chi connectivity index (χ1) is 10.6. The van der Waals surface area contributed by atoms with Gasteiger partial charge in [-0.25, -0.2) is 0 Å². The molecule has 4 nitrogen and oxygen atoms in total. The van der Waals surface area contributed by atoms with Gasteiger partial charge in [-0.2, -0.15) is 0 Å². The summed E-state index contributed by atoms with van der Waals surface area (Å²) >= 11 is 2.62. The molecule has 0 saturated heterocycles. The van der Waals surface area contributed by atoms with Gasteiger partial charge in [-0.05, 0) is 23.3 Å². The third-order valence-corrected chi connectivity index (χ3v) is 5.05. The molecule has 0 aliphatic carbocycles. The summed E-state index contributed by atoms with van der Waals surface area (Å²) in [7, 11) is 0. The van der Waals surface area contributed by atoms with E-state index in [9.17, 15) is 9.59 Å². The number of carbonyl (C=O) groups is 2. The molecule has 0 heterocycles. The van der Waals surface area contributed by atoms with Crippen LogP contribution in [-0.4, -0.2) is 23.4 Å². The molecule has 0 spiro atoms. The summed E-state index contributed by atoms with van der Waals surface area (Å²) in [5, 5.41) is 0.336. The number of nitrogens with two attached hydrogens (primary N) is 1. The number of rotatable bonds is 9. The standard InChI is InChI=1S/C16H23NO3S2/c1-3-15(18)21-10-12-5-6-14(20-8-7-17)9-13(12)11-22-16(19)4-2/h5-6,9H,3-4,7-8,10-11,17H2,1-2H3. The highest BCUT2D eigenvalue weighted by atomic mass is 32.2. The second-order valence-electron chi connectivity index (χ2n) is 4.60. The van der Waals surface area contributed by atoms with Crippen LogP contribution >= 0.6 is 23.5 Å². The summed E-state index contributed by atoms with van der Waals surface area (Å²) in [6, 6.07) is 5.80. The van der Waals surface area contributed by atoms with Crippen molar-refractivity contribution >= 4 is 33.8 Å². The molecule has 1 rings (SSSR count). The van der Waals surface area contributed by atoms with E-state index in [1.54, 1.807) is 0 Å². The van der Waals surface area contributed by atoms with Crippen LogP contribution in [0.4, 0.5) is 0 Å². The average Bonchev–Trinajstić information content (AvgIpc) is 2.56. The van der Waals surface area contributed by atoms with Crippen molar-refractivity contribution in [3.63, 3.8) is 0 Å². The van der Waals surface area contributed by atoms with Crippen molar-refractivity contribution in [3.05, 3.63) is 29.3 Å². The van der Waals surface area contributed by atoms with Gasteiger partial charge in [0.05, 0.1) is 0 Å². The van der Waals surface area contributed by atoms with Gasteiger partial charge < -0.3 is 10.5 Å². The van der Waals surface area contributed by atoms with Gasteiger partial charge in [0.1, 0.15) is 12.4 Å². The average molecular weight is 341 g/mol. The monoisotopic (exact) mass is 341 g/mol. The molecule has 2 N–H and O–H groups in total. The lowest BCUT2D eigenvalue weighted by Gasteiger charge is -2.12. The van der Waals surface area contributed by atoms with Gasteiger partial charge >= 0.3 is 0 Å². The highest BCUT2D eigenvalue weighted by Crippen LogP contribution is 2.26. The Hall–Kier alpha value is -0.980. The Bertz CT molecular complexity index is 506. The predicted octanol–water partition coefficient (Wildman–Crippen LogP) is 3.36. The van der Waals surface area contributed by atoms with Crippen molar-refractivity contribution in [1.82, 2.24) is 0 Å². The van der Waals surface area contributed by atoms with Crippen molar-refractivity contribution < 1.29 is 14.3 Å². The molecule has 0 aliphatic heterocycles. The van der Waals surface area contributed by atoms with Crippen molar-refractivity contribution in [2.75, 3.05) is 13.2 Å². The van der Waals surface area contributed by atoms with E-state index in [0.717, 1.165) is 16.9 Å². The van der Waals surface area contributed by atoms with Crippen molar-refractivity contribution in [2.45, 2.75) is 38.2 Å². The molecule has 0 aromatic heterocycles. The number of ether oxygens (including phenoxy) is 1. The maximum absolute atomic E-state index is 11.5. The van der Waals surface area contributed by atoms with E-state index >= 15 is 0 Å². The zero-order valence-corrected chi connectivity index (χ0v) is 14.7. The molecule has 0 aliphatic rings. The molecule has 0 bridgehead atoms. The number of hydrogen-bond donors (Lipinski definition) is 1. The molecule has 0 unspecified atom stereocenters. The van der Waals surface area contributed by atoms with Gasteiger partial charge in [-0.3, -0.25) is 9.59 Å². The van der Waals surface area contributed by atoms with Gasteiger partial charge in [-0.1, -0.05) is 43.4 Å². The molecule has 0 radical (unpaired) electrons. The molecule has 0 fully saturated rings. The Morgan fingerprint density at radius 3 is 2.18 bits per heavy atom. The van der Waals surface area contributed by atoms with E-state index in [2.05, 4.69) is 0 Å². The van der Waals surface area contributed by atoms with Crippen LogP contribution in [0, 0.1) is 0 Å². The molecular weight excluding hydrogens is 318 g/mol. The summed E-state index contributed by atoms with van der Waals surface area (Å²) in [5.41, 5.74) is 7.55. The van der Waals surface area contributed by atoms with Gasteiger partial charge in [0.15, 0.2) is 10.2 Å².